The molecule has 2 bridgehead atoms. The molecule has 0 aliphatic carbocycles. The van der Waals surface area contributed by atoms with Gasteiger partial charge < -0.3 is 10.0 Å². The van der Waals surface area contributed by atoms with Gasteiger partial charge in [0.15, 0.2) is 0 Å². The molecule has 3 saturated heterocycles. The summed E-state index contributed by atoms with van der Waals surface area (Å²) in [6, 6.07) is 0.758. The molecule has 3 aliphatic heterocycles. The molecule has 0 aromatic carbocycles. The number of aliphatic hydroxyl groups is 1. The van der Waals surface area contributed by atoms with E-state index in [1.807, 2.05) is 4.90 Å². The molecular formula is C14H22N2O3. The van der Waals surface area contributed by atoms with Crippen LogP contribution < -0.4 is 0 Å². The van der Waals surface area contributed by atoms with Gasteiger partial charge in [-0.15, -0.1) is 0 Å². The predicted molar refractivity (Wildman–Crippen MR) is 69.6 cm³/mol. The van der Waals surface area contributed by atoms with E-state index >= 15 is 0 Å². The van der Waals surface area contributed by atoms with Crippen molar-refractivity contribution >= 4 is 11.7 Å². The van der Waals surface area contributed by atoms with Crippen LogP contribution in [0.5, 0.6) is 0 Å². The van der Waals surface area contributed by atoms with Crippen molar-refractivity contribution in [3.63, 3.8) is 0 Å². The van der Waals surface area contributed by atoms with Gasteiger partial charge >= 0.3 is 0 Å². The van der Waals surface area contributed by atoms with Gasteiger partial charge in [-0.2, -0.15) is 0 Å². The first-order valence-corrected chi connectivity index (χ1v) is 7.37. The Morgan fingerprint density at radius 2 is 1.74 bits per heavy atom. The van der Waals surface area contributed by atoms with Crippen molar-refractivity contribution in [2.24, 2.45) is 0 Å². The van der Waals surface area contributed by atoms with Gasteiger partial charge in [-0.05, 0) is 25.7 Å². The third kappa shape index (κ3) is 2.67. The number of aliphatic hydroxyl groups excluding tert-OH is 1. The third-order valence-corrected chi connectivity index (χ3v) is 4.85. The Hall–Kier alpha value is -0.940. The van der Waals surface area contributed by atoms with Crippen LogP contribution in [0.1, 0.15) is 38.5 Å². The van der Waals surface area contributed by atoms with Crippen LogP contribution in [-0.2, 0) is 9.59 Å². The number of amides is 1. The highest BCUT2D eigenvalue weighted by Crippen LogP contribution is 2.35. The lowest BCUT2D eigenvalue weighted by Gasteiger charge is -2.38. The van der Waals surface area contributed by atoms with Gasteiger partial charge in [0.2, 0.25) is 5.91 Å². The van der Waals surface area contributed by atoms with Crippen molar-refractivity contribution in [2.75, 3.05) is 19.6 Å². The minimum Gasteiger partial charge on any atom is -0.393 e. The first kappa shape index (κ1) is 13.1. The molecule has 2 unspecified atom stereocenters. The van der Waals surface area contributed by atoms with Gasteiger partial charge in [-0.1, -0.05) is 0 Å². The van der Waals surface area contributed by atoms with Crippen LogP contribution in [-0.4, -0.2) is 64.4 Å². The van der Waals surface area contributed by atoms with E-state index in [0.717, 1.165) is 25.7 Å². The fourth-order valence-corrected chi connectivity index (χ4v) is 3.77. The largest absolute Gasteiger partial charge is 0.393 e. The van der Waals surface area contributed by atoms with E-state index in [2.05, 4.69) is 4.90 Å². The zero-order chi connectivity index (χ0) is 13.4. The summed E-state index contributed by atoms with van der Waals surface area (Å²) in [6.07, 6.45) is 4.66. The lowest BCUT2D eigenvalue weighted by Crippen LogP contribution is -2.51. The average molecular weight is 266 g/mol. The highest BCUT2D eigenvalue weighted by atomic mass is 16.3. The van der Waals surface area contributed by atoms with Gasteiger partial charge in [0.25, 0.3) is 0 Å². The zero-order valence-corrected chi connectivity index (χ0v) is 11.3. The lowest BCUT2D eigenvalue weighted by molar-refractivity contribution is -0.137. The van der Waals surface area contributed by atoms with Gasteiger partial charge in [0, 0.05) is 38.0 Å². The summed E-state index contributed by atoms with van der Waals surface area (Å²) >= 11 is 0. The average Bonchev–Trinajstić information content (AvgIpc) is 2.62. The van der Waals surface area contributed by atoms with Crippen LogP contribution in [0.2, 0.25) is 0 Å². The smallest absolute Gasteiger partial charge is 0.236 e. The van der Waals surface area contributed by atoms with Crippen molar-refractivity contribution < 1.29 is 14.7 Å². The lowest BCUT2D eigenvalue weighted by atomic mass is 10.00. The molecule has 5 heteroatoms. The fourth-order valence-electron chi connectivity index (χ4n) is 3.77. The number of ketones is 1. The van der Waals surface area contributed by atoms with E-state index < -0.39 is 0 Å². The molecule has 3 rings (SSSR count). The molecule has 0 radical (unpaired) electrons. The summed E-state index contributed by atoms with van der Waals surface area (Å²) in [5.74, 6) is 0.422. The molecule has 0 spiro atoms. The molecular weight excluding hydrogens is 244 g/mol. The Morgan fingerprint density at radius 3 is 2.32 bits per heavy atom. The third-order valence-electron chi connectivity index (χ3n) is 4.85. The number of likely N-dealkylation sites (tertiary alicyclic amines) is 1. The normalized spacial score (nSPS) is 35.7. The molecule has 1 amide bonds. The highest BCUT2D eigenvalue weighted by Gasteiger charge is 2.41. The SMILES string of the molecule is O=C1CCN(C(=O)CN2C3CCC2CC(O)C3)CC1. The standard InChI is InChI=1S/C14H22N2O3/c17-12-3-5-15(6-4-12)14(19)9-16-10-1-2-11(16)8-13(18)7-10/h10-11,13,18H,1-9H2. The molecule has 3 aliphatic rings. The highest BCUT2D eigenvalue weighted by molar-refractivity contribution is 5.84. The first-order valence-electron chi connectivity index (χ1n) is 7.37. The van der Waals surface area contributed by atoms with Gasteiger partial charge in [-0.3, -0.25) is 14.5 Å². The first-order chi connectivity index (χ1) is 9.13. The number of hydrogen-bond acceptors (Lipinski definition) is 4. The summed E-state index contributed by atoms with van der Waals surface area (Å²) < 4.78 is 0. The monoisotopic (exact) mass is 266 g/mol. The Bertz CT molecular complexity index is 361. The summed E-state index contributed by atoms with van der Waals surface area (Å²) in [5, 5.41) is 9.76. The number of rotatable bonds is 2. The van der Waals surface area contributed by atoms with E-state index in [9.17, 15) is 14.7 Å². The Balaban J connectivity index is 1.57. The molecule has 0 saturated carbocycles. The van der Waals surface area contributed by atoms with Crippen LogP contribution in [0.25, 0.3) is 0 Å². The van der Waals surface area contributed by atoms with Crippen LogP contribution in [0.3, 0.4) is 0 Å². The number of carbonyl (C=O) groups excluding carboxylic acids is 2. The van der Waals surface area contributed by atoms with E-state index in [1.165, 1.54) is 0 Å². The molecule has 0 aromatic rings. The van der Waals surface area contributed by atoms with Crippen LogP contribution in [0.4, 0.5) is 0 Å². The van der Waals surface area contributed by atoms with Crippen molar-refractivity contribution in [2.45, 2.75) is 56.7 Å². The fraction of sp³-hybridized carbons (Fsp3) is 0.857. The van der Waals surface area contributed by atoms with E-state index in [4.69, 9.17) is 0 Å². The van der Waals surface area contributed by atoms with E-state index in [1.54, 1.807) is 0 Å². The molecule has 3 heterocycles. The van der Waals surface area contributed by atoms with Crippen LogP contribution >= 0.6 is 0 Å². The molecule has 5 nitrogen and oxygen atoms in total. The number of carbonyl (C=O) groups is 2. The van der Waals surface area contributed by atoms with Crippen molar-refractivity contribution in [1.29, 1.82) is 0 Å². The predicted octanol–water partition coefficient (Wildman–Crippen LogP) is 0.166. The van der Waals surface area contributed by atoms with Crippen LogP contribution in [0, 0.1) is 0 Å². The van der Waals surface area contributed by atoms with Crippen molar-refractivity contribution in [1.82, 2.24) is 9.80 Å². The summed E-state index contributed by atoms with van der Waals surface area (Å²) in [7, 11) is 0. The minimum atomic E-state index is -0.184. The molecule has 3 fully saturated rings. The second kappa shape index (κ2) is 5.21. The quantitative estimate of drug-likeness (QED) is 0.774. The second-order valence-electron chi connectivity index (χ2n) is 6.10. The molecule has 19 heavy (non-hydrogen) atoms. The number of piperidine rings is 2. The maximum absolute atomic E-state index is 12.3. The van der Waals surface area contributed by atoms with Gasteiger partial charge in [-0.25, -0.2) is 0 Å². The molecule has 1 N–H and O–H groups in total. The van der Waals surface area contributed by atoms with Gasteiger partial charge in [0.1, 0.15) is 5.78 Å². The molecule has 106 valence electrons. The molecule has 0 aromatic heterocycles. The van der Waals surface area contributed by atoms with Crippen LogP contribution in [0.15, 0.2) is 0 Å². The number of fused-ring (bicyclic) bond motifs is 2. The van der Waals surface area contributed by atoms with E-state index in [0.29, 0.717) is 44.6 Å². The summed E-state index contributed by atoms with van der Waals surface area (Å²) in [4.78, 5) is 27.6. The van der Waals surface area contributed by atoms with Crippen molar-refractivity contribution in [3.8, 4) is 0 Å². The maximum atomic E-state index is 12.3. The summed E-state index contributed by atoms with van der Waals surface area (Å²) in [5.41, 5.74) is 0. The minimum absolute atomic E-state index is 0.154. The Kier molecular flexibility index (Phi) is 3.58. The van der Waals surface area contributed by atoms with E-state index in [-0.39, 0.29) is 17.8 Å². The number of nitrogens with zero attached hydrogens (tertiary/aromatic N) is 2. The van der Waals surface area contributed by atoms with Crippen molar-refractivity contribution in [3.05, 3.63) is 0 Å². The second-order valence-corrected chi connectivity index (χ2v) is 6.10. The number of Topliss-reactive ketones (excluding diaryl/α,β-unsaturated/α-hetero) is 1. The topological polar surface area (TPSA) is 60.9 Å². The zero-order valence-electron chi connectivity index (χ0n) is 11.3. The van der Waals surface area contributed by atoms with Gasteiger partial charge in [0.05, 0.1) is 12.6 Å². The summed E-state index contributed by atoms with van der Waals surface area (Å²) in [6.45, 7) is 1.64. The Morgan fingerprint density at radius 1 is 1.16 bits per heavy atom. The number of hydrogen-bond donors (Lipinski definition) is 1. The molecule has 2 atom stereocenters. The maximum Gasteiger partial charge on any atom is 0.236 e. The Labute approximate surface area is 113 Å².